The number of hydrogen-bond acceptors (Lipinski definition) is 8. The molecule has 2 saturated carbocycles. The van der Waals surface area contributed by atoms with Gasteiger partial charge >= 0.3 is 118 Å². The van der Waals surface area contributed by atoms with Crippen LogP contribution in [0.5, 0.6) is 0 Å². The van der Waals surface area contributed by atoms with Gasteiger partial charge < -0.3 is 39.6 Å². The molecule has 2 rings (SSSR count). The minimum atomic E-state index is -1.69. The maximum atomic E-state index is 10.4. The molecule has 2 aliphatic rings. The molecule has 0 amide bonds. The van der Waals surface area contributed by atoms with Gasteiger partial charge in [-0.2, -0.15) is 0 Å². The molecule has 0 bridgehead atoms. The molecule has 0 radical (unpaired) electrons. The topological polar surface area (TPSA) is 161 Å². The normalized spacial score (nSPS) is 18.2. The van der Waals surface area contributed by atoms with E-state index in [1.165, 1.54) is 0 Å². The van der Waals surface area contributed by atoms with Gasteiger partial charge in [0.25, 0.3) is 0 Å². The van der Waals surface area contributed by atoms with Crippen LogP contribution in [-0.4, -0.2) is 23.9 Å². The zero-order valence-electron chi connectivity index (χ0n) is 15.9. The van der Waals surface area contributed by atoms with E-state index in [1.807, 2.05) is 0 Å². The van der Waals surface area contributed by atoms with Gasteiger partial charge in [0.15, 0.2) is 0 Å². The van der Waals surface area contributed by atoms with Crippen molar-refractivity contribution in [3.63, 3.8) is 0 Å². The fourth-order valence-corrected chi connectivity index (χ4v) is 2.94. The molecule has 0 saturated heterocycles. The van der Waals surface area contributed by atoms with Crippen LogP contribution in [0.3, 0.4) is 0 Å². The third-order valence-corrected chi connectivity index (χ3v) is 4.48. The van der Waals surface area contributed by atoms with Gasteiger partial charge in [0, 0.05) is 10.8 Å². The van der Waals surface area contributed by atoms with Crippen molar-refractivity contribution < 1.29 is 158 Å². The van der Waals surface area contributed by atoms with Crippen molar-refractivity contribution in [3.8, 4) is 0 Å². The van der Waals surface area contributed by atoms with Crippen LogP contribution in [-0.2, 0) is 19.2 Å². The summed E-state index contributed by atoms with van der Waals surface area (Å²) in [6.45, 7) is 0. The van der Waals surface area contributed by atoms with E-state index in [4.69, 9.17) is 0 Å². The maximum Gasteiger partial charge on any atom is 1.00 e. The van der Waals surface area contributed by atoms with Crippen LogP contribution >= 0.6 is 0 Å². The summed E-state index contributed by atoms with van der Waals surface area (Å²) in [5.74, 6) is -6.02. The van der Waals surface area contributed by atoms with E-state index < -0.39 is 34.7 Å². The Morgan fingerprint density at radius 1 is 0.462 bits per heavy atom. The van der Waals surface area contributed by atoms with Crippen molar-refractivity contribution in [2.45, 2.75) is 51.4 Å². The first-order chi connectivity index (χ1) is 10.2. The molecule has 0 atom stereocenters. The average molecular weight is 404 g/mol. The van der Waals surface area contributed by atoms with Gasteiger partial charge in [0.1, 0.15) is 0 Å². The average Bonchev–Trinajstić information content (AvgIpc) is 3.10. The van der Waals surface area contributed by atoms with Crippen molar-refractivity contribution in [3.05, 3.63) is 0 Å². The molecule has 0 unspecified atom stereocenters. The van der Waals surface area contributed by atoms with E-state index in [0.717, 1.165) is 0 Å². The largest absolute Gasteiger partial charge is 1.00 e. The molecule has 0 heterocycles. The van der Waals surface area contributed by atoms with Crippen LogP contribution in [0.25, 0.3) is 0 Å². The number of carboxylic acids is 4. The molecule has 8 nitrogen and oxygen atoms in total. The van der Waals surface area contributed by atoms with Gasteiger partial charge in [-0.15, -0.1) is 0 Å². The first-order valence-corrected chi connectivity index (χ1v) is 7.05. The Morgan fingerprint density at radius 2 is 0.615 bits per heavy atom. The molecule has 2 fully saturated rings. The second-order valence-corrected chi connectivity index (χ2v) is 5.73. The third-order valence-electron chi connectivity index (χ3n) is 4.48. The fourth-order valence-electron chi connectivity index (χ4n) is 2.94. The minimum Gasteiger partial charge on any atom is -0.549 e. The second kappa shape index (κ2) is 15.7. The molecule has 0 aliphatic heterocycles. The summed E-state index contributed by atoms with van der Waals surface area (Å²) >= 11 is 0. The van der Waals surface area contributed by atoms with Crippen molar-refractivity contribution in [2.75, 3.05) is 0 Å². The Kier molecular flexibility index (Phi) is 21.3. The van der Waals surface area contributed by atoms with Crippen LogP contribution in [0.1, 0.15) is 51.4 Å². The molecule has 0 N–H and O–H groups in total. The molecule has 26 heavy (non-hydrogen) atoms. The number of hydrogen-bond donors (Lipinski definition) is 0. The van der Waals surface area contributed by atoms with Gasteiger partial charge in [0.2, 0.25) is 0 Å². The van der Waals surface area contributed by atoms with Crippen molar-refractivity contribution in [2.24, 2.45) is 10.8 Å². The molecular formula is C14H16Na4O8. The number of carbonyl (C=O) groups excluding carboxylic acids is 4. The van der Waals surface area contributed by atoms with E-state index in [0.29, 0.717) is 25.7 Å². The molecule has 0 aromatic heterocycles. The van der Waals surface area contributed by atoms with Crippen molar-refractivity contribution >= 4 is 23.9 Å². The van der Waals surface area contributed by atoms with Crippen LogP contribution in [0.2, 0.25) is 0 Å². The molecule has 0 spiro atoms. The zero-order valence-corrected chi connectivity index (χ0v) is 23.9. The summed E-state index contributed by atoms with van der Waals surface area (Å²) in [7, 11) is 0. The first-order valence-electron chi connectivity index (χ1n) is 7.05. The maximum absolute atomic E-state index is 10.4. The summed E-state index contributed by atoms with van der Waals surface area (Å²) in [5, 5.41) is 41.7. The minimum absolute atomic E-state index is 0. The molecule has 0 aromatic rings. The van der Waals surface area contributed by atoms with Crippen LogP contribution in [0, 0.1) is 10.8 Å². The number of rotatable bonds is 4. The Morgan fingerprint density at radius 3 is 0.692 bits per heavy atom. The van der Waals surface area contributed by atoms with E-state index in [1.54, 1.807) is 0 Å². The number of carbonyl (C=O) groups is 4. The quantitative estimate of drug-likeness (QED) is 0.330. The Balaban J connectivity index is -0.000000161. The third kappa shape index (κ3) is 8.32. The Labute approximate surface area is 240 Å². The van der Waals surface area contributed by atoms with E-state index >= 15 is 0 Å². The van der Waals surface area contributed by atoms with Gasteiger partial charge in [0.05, 0.1) is 23.9 Å². The molecule has 2 aliphatic carbocycles. The van der Waals surface area contributed by atoms with Crippen molar-refractivity contribution in [1.29, 1.82) is 0 Å². The molecule has 124 valence electrons. The Hall–Kier alpha value is 1.88. The fraction of sp³-hybridized carbons (Fsp3) is 0.714. The van der Waals surface area contributed by atoms with Gasteiger partial charge in [-0.05, 0) is 25.7 Å². The summed E-state index contributed by atoms with van der Waals surface area (Å²) in [6.07, 6.45) is 3.11. The van der Waals surface area contributed by atoms with Crippen LogP contribution < -0.4 is 139 Å². The zero-order chi connectivity index (χ0) is 17.0. The van der Waals surface area contributed by atoms with Crippen molar-refractivity contribution in [1.82, 2.24) is 0 Å². The smallest absolute Gasteiger partial charge is 0.549 e. The van der Waals surface area contributed by atoms with E-state index in [-0.39, 0.29) is 144 Å². The predicted molar refractivity (Wildman–Crippen MR) is 61.8 cm³/mol. The van der Waals surface area contributed by atoms with Gasteiger partial charge in [-0.1, -0.05) is 25.7 Å². The summed E-state index contributed by atoms with van der Waals surface area (Å²) in [4.78, 5) is 41.7. The summed E-state index contributed by atoms with van der Waals surface area (Å²) in [6, 6.07) is 0. The van der Waals surface area contributed by atoms with E-state index in [9.17, 15) is 39.6 Å². The first kappa shape index (κ1) is 35.3. The van der Waals surface area contributed by atoms with Gasteiger partial charge in [-0.3, -0.25) is 0 Å². The molecule has 0 aromatic carbocycles. The second-order valence-electron chi connectivity index (χ2n) is 5.73. The summed E-state index contributed by atoms with van der Waals surface area (Å²) in [5.41, 5.74) is -3.39. The monoisotopic (exact) mass is 404 g/mol. The standard InChI is InChI=1S/2C7H10O4.4Na/c2*8-5(9)7(6(10)11)3-1-2-4-7;;;;/h2*1-4H2,(H,8,9)(H,10,11);;;;/q;;4*+1/p-4. The van der Waals surface area contributed by atoms with Gasteiger partial charge in [-0.25, -0.2) is 0 Å². The SMILES string of the molecule is O=C([O-])C1(C(=O)[O-])CCCC1.O=C([O-])C1(C(=O)[O-])CCCC1.[Na+].[Na+].[Na+].[Na+]. The number of aliphatic carboxylic acids is 4. The van der Waals surface area contributed by atoms with E-state index in [2.05, 4.69) is 0 Å². The molecule has 12 heteroatoms. The van der Waals surface area contributed by atoms with Crippen LogP contribution in [0.4, 0.5) is 0 Å². The summed E-state index contributed by atoms with van der Waals surface area (Å²) < 4.78 is 0. The number of carboxylic acid groups (broad SMARTS) is 4. The molecular weight excluding hydrogens is 388 g/mol. The Bertz CT molecular complexity index is 409. The van der Waals surface area contributed by atoms with Crippen LogP contribution in [0.15, 0.2) is 0 Å². The predicted octanol–water partition coefficient (Wildman–Crippen LogP) is -15.9.